The van der Waals surface area contributed by atoms with Crippen LogP contribution in [0.5, 0.6) is 0 Å². The lowest BCUT2D eigenvalue weighted by atomic mass is 10.1. The number of rotatable bonds is 9. The van der Waals surface area contributed by atoms with Gasteiger partial charge in [-0.1, -0.05) is 19.4 Å². The Kier molecular flexibility index (Phi) is 8.10. The summed E-state index contributed by atoms with van der Waals surface area (Å²) in [4.78, 5) is 28.1. The zero-order valence-electron chi connectivity index (χ0n) is 19.4. The lowest BCUT2D eigenvalue weighted by molar-refractivity contribution is -0.118. The van der Waals surface area contributed by atoms with Gasteiger partial charge in [0, 0.05) is 44.1 Å². The van der Waals surface area contributed by atoms with E-state index in [-0.39, 0.29) is 16.4 Å². The van der Waals surface area contributed by atoms with Gasteiger partial charge in [-0.05, 0) is 61.7 Å². The van der Waals surface area contributed by atoms with E-state index in [1.165, 1.54) is 51.2 Å². The molecule has 9 heteroatoms. The summed E-state index contributed by atoms with van der Waals surface area (Å²) in [5, 5.41) is 5.71. The molecule has 1 heterocycles. The third-order valence-electron chi connectivity index (χ3n) is 5.68. The minimum Gasteiger partial charge on any atom is -0.371 e. The third-order valence-corrected chi connectivity index (χ3v) is 7.51. The Bertz CT molecular complexity index is 1080. The first-order valence-electron chi connectivity index (χ1n) is 11.2. The number of nitrogens with zero attached hydrogens (tertiary/aromatic N) is 2. The van der Waals surface area contributed by atoms with Gasteiger partial charge in [0.05, 0.1) is 4.90 Å². The van der Waals surface area contributed by atoms with Crippen LogP contribution in [0, 0.1) is 0 Å². The fourth-order valence-electron chi connectivity index (χ4n) is 3.77. The number of nitrogens with one attached hydrogen (secondary N) is 2. The number of carbonyl (C=O) groups is 2. The summed E-state index contributed by atoms with van der Waals surface area (Å²) in [6.45, 7) is 3.97. The molecule has 0 aliphatic carbocycles. The van der Waals surface area contributed by atoms with E-state index in [0.29, 0.717) is 18.5 Å². The van der Waals surface area contributed by atoms with Gasteiger partial charge in [-0.15, -0.1) is 0 Å². The van der Waals surface area contributed by atoms with Gasteiger partial charge in [0.25, 0.3) is 5.91 Å². The van der Waals surface area contributed by atoms with E-state index in [1.807, 2.05) is 31.2 Å². The second kappa shape index (κ2) is 10.8. The lowest BCUT2D eigenvalue weighted by Crippen LogP contribution is -2.43. The highest BCUT2D eigenvalue weighted by molar-refractivity contribution is 7.89. The predicted octanol–water partition coefficient (Wildman–Crippen LogP) is 3.07. The van der Waals surface area contributed by atoms with E-state index >= 15 is 0 Å². The first kappa shape index (κ1) is 24.7. The lowest BCUT2D eigenvalue weighted by Gasteiger charge is -2.20. The first-order chi connectivity index (χ1) is 15.7. The maximum atomic E-state index is 12.9. The molecule has 178 valence electrons. The Morgan fingerprint density at radius 2 is 1.73 bits per heavy atom. The molecule has 1 saturated heterocycles. The van der Waals surface area contributed by atoms with Gasteiger partial charge >= 0.3 is 0 Å². The fraction of sp³-hybridized carbons (Fsp3) is 0.417. The Balaban J connectivity index is 1.68. The summed E-state index contributed by atoms with van der Waals surface area (Å²) >= 11 is 0. The van der Waals surface area contributed by atoms with E-state index in [1.54, 1.807) is 0 Å². The van der Waals surface area contributed by atoms with E-state index in [4.69, 9.17) is 0 Å². The SMILES string of the molecule is CCCC(NC(=O)c1ccc(S(=O)(=O)N(C)C)cc1)C(=O)Nc1cccc(N2CCCC2)c1. The Morgan fingerprint density at radius 3 is 2.33 bits per heavy atom. The van der Waals surface area contributed by atoms with Crippen molar-refractivity contribution in [3.05, 3.63) is 54.1 Å². The third kappa shape index (κ3) is 6.11. The van der Waals surface area contributed by atoms with Crippen molar-refractivity contribution in [1.82, 2.24) is 9.62 Å². The largest absolute Gasteiger partial charge is 0.371 e. The number of carbonyl (C=O) groups excluding carboxylic acids is 2. The molecule has 8 nitrogen and oxygen atoms in total. The molecule has 0 saturated carbocycles. The van der Waals surface area contributed by atoms with Crippen molar-refractivity contribution in [1.29, 1.82) is 0 Å². The normalized spacial score (nSPS) is 14.8. The molecular weight excluding hydrogens is 440 g/mol. The molecule has 2 aromatic rings. The topological polar surface area (TPSA) is 98.8 Å². The average Bonchev–Trinajstić information content (AvgIpc) is 3.34. The van der Waals surface area contributed by atoms with Crippen LogP contribution < -0.4 is 15.5 Å². The van der Waals surface area contributed by atoms with Gasteiger partial charge in [-0.25, -0.2) is 12.7 Å². The van der Waals surface area contributed by atoms with Crippen molar-refractivity contribution < 1.29 is 18.0 Å². The standard InChI is InChI=1S/C24H32N4O4S/c1-4-8-22(24(30)25-19-9-7-10-20(17-19)28-15-5-6-16-28)26-23(29)18-11-13-21(14-12-18)33(31,32)27(2)3/h7,9-14,17,22H,4-6,8,15-16H2,1-3H3,(H,25,30)(H,26,29). The van der Waals surface area contributed by atoms with Crippen LogP contribution in [0.1, 0.15) is 43.0 Å². The van der Waals surface area contributed by atoms with Crippen LogP contribution in [-0.2, 0) is 14.8 Å². The summed E-state index contributed by atoms with van der Waals surface area (Å²) in [6, 6.07) is 12.7. The summed E-state index contributed by atoms with van der Waals surface area (Å²) in [6.07, 6.45) is 3.54. The molecule has 0 bridgehead atoms. The molecule has 2 aromatic carbocycles. The van der Waals surface area contributed by atoms with Crippen LogP contribution in [0.25, 0.3) is 0 Å². The van der Waals surface area contributed by atoms with Gasteiger partial charge < -0.3 is 15.5 Å². The van der Waals surface area contributed by atoms with E-state index in [2.05, 4.69) is 15.5 Å². The number of hydrogen-bond donors (Lipinski definition) is 2. The summed E-state index contributed by atoms with van der Waals surface area (Å²) < 4.78 is 25.5. The molecule has 0 spiro atoms. The number of amides is 2. The van der Waals surface area contributed by atoms with Gasteiger partial charge in [0.2, 0.25) is 15.9 Å². The van der Waals surface area contributed by atoms with Crippen LogP contribution in [-0.4, -0.2) is 57.8 Å². The molecule has 33 heavy (non-hydrogen) atoms. The predicted molar refractivity (Wildman–Crippen MR) is 130 cm³/mol. The number of hydrogen-bond acceptors (Lipinski definition) is 5. The zero-order valence-corrected chi connectivity index (χ0v) is 20.2. The van der Waals surface area contributed by atoms with Crippen molar-refractivity contribution in [3.63, 3.8) is 0 Å². The summed E-state index contributed by atoms with van der Waals surface area (Å²) in [5.74, 6) is -0.709. The molecule has 1 unspecified atom stereocenters. The molecule has 0 aromatic heterocycles. The smallest absolute Gasteiger partial charge is 0.251 e. The monoisotopic (exact) mass is 472 g/mol. The molecule has 1 atom stereocenters. The van der Waals surface area contributed by atoms with Crippen molar-refractivity contribution in [2.75, 3.05) is 37.4 Å². The fourth-order valence-corrected chi connectivity index (χ4v) is 4.67. The molecule has 2 N–H and O–H groups in total. The van der Waals surface area contributed by atoms with Crippen LogP contribution >= 0.6 is 0 Å². The molecule has 1 fully saturated rings. The second-order valence-electron chi connectivity index (χ2n) is 8.36. The summed E-state index contributed by atoms with van der Waals surface area (Å²) in [7, 11) is -0.677. The molecule has 1 aliphatic heterocycles. The Labute approximate surface area is 196 Å². The van der Waals surface area contributed by atoms with E-state index < -0.39 is 22.0 Å². The first-order valence-corrected chi connectivity index (χ1v) is 12.7. The van der Waals surface area contributed by atoms with Crippen molar-refractivity contribution in [2.24, 2.45) is 0 Å². The molecule has 3 rings (SSSR count). The minimum atomic E-state index is -3.57. The highest BCUT2D eigenvalue weighted by Crippen LogP contribution is 2.23. The number of benzene rings is 2. The molecule has 2 amide bonds. The van der Waals surface area contributed by atoms with Crippen LogP contribution in [0.2, 0.25) is 0 Å². The van der Waals surface area contributed by atoms with Crippen molar-refractivity contribution >= 4 is 33.2 Å². The number of anilines is 2. The second-order valence-corrected chi connectivity index (χ2v) is 10.5. The maximum absolute atomic E-state index is 12.9. The summed E-state index contributed by atoms with van der Waals surface area (Å²) in [5.41, 5.74) is 2.06. The minimum absolute atomic E-state index is 0.102. The highest BCUT2D eigenvalue weighted by Gasteiger charge is 2.22. The van der Waals surface area contributed by atoms with Crippen LogP contribution in [0.3, 0.4) is 0 Å². The van der Waals surface area contributed by atoms with E-state index in [0.717, 1.165) is 23.1 Å². The Morgan fingerprint density at radius 1 is 1.06 bits per heavy atom. The van der Waals surface area contributed by atoms with E-state index in [9.17, 15) is 18.0 Å². The molecular formula is C24H32N4O4S. The van der Waals surface area contributed by atoms with Gasteiger partial charge in [0.1, 0.15) is 6.04 Å². The van der Waals surface area contributed by atoms with Crippen molar-refractivity contribution in [2.45, 2.75) is 43.5 Å². The van der Waals surface area contributed by atoms with Gasteiger partial charge in [-0.2, -0.15) is 0 Å². The highest BCUT2D eigenvalue weighted by atomic mass is 32.2. The Hall–Kier alpha value is -2.91. The average molecular weight is 473 g/mol. The molecule has 1 aliphatic rings. The van der Waals surface area contributed by atoms with Crippen LogP contribution in [0.15, 0.2) is 53.4 Å². The maximum Gasteiger partial charge on any atom is 0.251 e. The van der Waals surface area contributed by atoms with Gasteiger partial charge in [0.15, 0.2) is 0 Å². The molecule has 0 radical (unpaired) electrons. The zero-order chi connectivity index (χ0) is 24.0. The number of sulfonamides is 1. The van der Waals surface area contributed by atoms with Gasteiger partial charge in [-0.3, -0.25) is 9.59 Å². The van der Waals surface area contributed by atoms with Crippen molar-refractivity contribution in [3.8, 4) is 0 Å². The van der Waals surface area contributed by atoms with Crippen LogP contribution in [0.4, 0.5) is 11.4 Å². The quantitative estimate of drug-likeness (QED) is 0.584.